The van der Waals surface area contributed by atoms with Crippen LogP contribution in [-0.2, 0) is 18.4 Å². The summed E-state index contributed by atoms with van der Waals surface area (Å²) in [6, 6.07) is 18.0. The van der Waals surface area contributed by atoms with Crippen LogP contribution >= 0.6 is 0 Å². The zero-order chi connectivity index (χ0) is 18.3. The third-order valence-electron chi connectivity index (χ3n) is 5.43. The minimum Gasteiger partial charge on any atom is -0.388 e. The summed E-state index contributed by atoms with van der Waals surface area (Å²) < 4.78 is 0. The van der Waals surface area contributed by atoms with E-state index in [0.717, 1.165) is 6.54 Å². The molecule has 2 rings (SSSR count). The van der Waals surface area contributed by atoms with Crippen molar-refractivity contribution in [2.45, 2.75) is 65.0 Å². The molecule has 0 fully saturated rings. The molecule has 0 aliphatic carbocycles. The summed E-state index contributed by atoms with van der Waals surface area (Å²) in [7, 11) is 1.99. The summed E-state index contributed by atoms with van der Waals surface area (Å²) in [5.74, 6) is 0. The van der Waals surface area contributed by atoms with E-state index in [9.17, 15) is 0 Å². The molecule has 2 nitrogen and oxygen atoms in total. The van der Waals surface area contributed by atoms with E-state index >= 15 is 0 Å². The van der Waals surface area contributed by atoms with E-state index in [1.165, 1.54) is 41.6 Å². The number of para-hydroxylation sites is 1. The Morgan fingerprint density at radius 2 is 1.60 bits per heavy atom. The molecule has 2 aromatic rings. The highest BCUT2D eigenvalue weighted by molar-refractivity contribution is 5.54. The van der Waals surface area contributed by atoms with Crippen LogP contribution in [-0.4, -0.2) is 13.1 Å². The maximum absolute atomic E-state index is 3.72. The first-order valence-electron chi connectivity index (χ1n) is 9.57. The number of anilines is 1. The van der Waals surface area contributed by atoms with Gasteiger partial charge in [0.15, 0.2) is 0 Å². The van der Waals surface area contributed by atoms with Crippen molar-refractivity contribution in [3.8, 4) is 0 Å². The molecule has 0 aliphatic rings. The first-order valence-corrected chi connectivity index (χ1v) is 9.57. The summed E-state index contributed by atoms with van der Waals surface area (Å²) in [5.41, 5.74) is 5.40. The topological polar surface area (TPSA) is 24.1 Å². The van der Waals surface area contributed by atoms with Gasteiger partial charge < -0.3 is 10.6 Å². The van der Waals surface area contributed by atoms with Crippen molar-refractivity contribution in [1.82, 2.24) is 5.32 Å². The van der Waals surface area contributed by atoms with E-state index in [-0.39, 0.29) is 5.41 Å². The highest BCUT2D eigenvalue weighted by Gasteiger charge is 2.29. The maximum Gasteiger partial charge on any atom is 0.0376 e. The van der Waals surface area contributed by atoms with Crippen LogP contribution < -0.4 is 10.6 Å². The molecule has 25 heavy (non-hydrogen) atoms. The molecular weight excluding hydrogens is 304 g/mol. The van der Waals surface area contributed by atoms with Crippen LogP contribution in [0.5, 0.6) is 0 Å². The van der Waals surface area contributed by atoms with Crippen LogP contribution in [0.1, 0.15) is 57.2 Å². The second-order valence-corrected chi connectivity index (χ2v) is 7.54. The quantitative estimate of drug-likeness (QED) is 0.628. The molecule has 0 spiro atoms. The fraction of sp³-hybridized carbons (Fsp3) is 0.478. The molecule has 1 atom stereocenters. The second-order valence-electron chi connectivity index (χ2n) is 7.54. The smallest absolute Gasteiger partial charge is 0.0376 e. The molecule has 0 saturated heterocycles. The molecule has 0 saturated carbocycles. The lowest BCUT2D eigenvalue weighted by Gasteiger charge is -2.34. The van der Waals surface area contributed by atoms with Crippen LogP contribution in [0.3, 0.4) is 0 Å². The van der Waals surface area contributed by atoms with Crippen molar-refractivity contribution in [2.24, 2.45) is 0 Å². The number of hydrogen-bond donors (Lipinski definition) is 2. The summed E-state index contributed by atoms with van der Waals surface area (Å²) in [4.78, 5) is 0. The summed E-state index contributed by atoms with van der Waals surface area (Å²) >= 11 is 0. The molecule has 0 aromatic heterocycles. The molecule has 0 heterocycles. The predicted octanol–water partition coefficient (Wildman–Crippen LogP) is 5.53. The van der Waals surface area contributed by atoms with Crippen molar-refractivity contribution in [2.75, 3.05) is 12.4 Å². The Bertz CT molecular complexity index is 643. The van der Waals surface area contributed by atoms with E-state index in [1.807, 2.05) is 7.05 Å². The number of rotatable bonds is 9. The van der Waals surface area contributed by atoms with Crippen LogP contribution in [0.15, 0.2) is 48.5 Å². The average molecular weight is 339 g/mol. The number of benzene rings is 2. The lowest BCUT2D eigenvalue weighted by atomic mass is 9.77. The van der Waals surface area contributed by atoms with Gasteiger partial charge in [0.05, 0.1) is 0 Å². The van der Waals surface area contributed by atoms with Gasteiger partial charge in [-0.15, -0.1) is 0 Å². The standard InChI is InChI=1S/C23H34N2/c1-6-7-10-19-13-15-20(16-14-19)17-25-18(2)23(3,4)21-11-8-9-12-22(21)24-5/h8-9,11-16,18,24-25H,6-7,10,17H2,1-5H3. The predicted molar refractivity (Wildman–Crippen MR) is 110 cm³/mol. The minimum absolute atomic E-state index is 0.0423. The van der Waals surface area contributed by atoms with Crippen molar-refractivity contribution in [1.29, 1.82) is 0 Å². The van der Waals surface area contributed by atoms with Gasteiger partial charge in [0.25, 0.3) is 0 Å². The zero-order valence-corrected chi connectivity index (χ0v) is 16.5. The van der Waals surface area contributed by atoms with Gasteiger partial charge in [-0.3, -0.25) is 0 Å². The van der Waals surface area contributed by atoms with E-state index in [1.54, 1.807) is 0 Å². The normalized spacial score (nSPS) is 12.8. The van der Waals surface area contributed by atoms with Gasteiger partial charge >= 0.3 is 0 Å². The third-order valence-corrected chi connectivity index (χ3v) is 5.43. The van der Waals surface area contributed by atoms with E-state index in [0.29, 0.717) is 6.04 Å². The Balaban J connectivity index is 2.00. The van der Waals surface area contributed by atoms with Crippen molar-refractivity contribution >= 4 is 5.69 Å². The number of hydrogen-bond acceptors (Lipinski definition) is 2. The third kappa shape index (κ3) is 5.09. The molecule has 0 radical (unpaired) electrons. The number of nitrogens with one attached hydrogen (secondary N) is 2. The zero-order valence-electron chi connectivity index (χ0n) is 16.5. The molecule has 0 aliphatic heterocycles. The van der Waals surface area contributed by atoms with Gasteiger partial charge in [-0.25, -0.2) is 0 Å². The largest absolute Gasteiger partial charge is 0.388 e. The van der Waals surface area contributed by atoms with Crippen LogP contribution in [0.4, 0.5) is 5.69 Å². The molecule has 2 N–H and O–H groups in total. The SMILES string of the molecule is CCCCc1ccc(CNC(C)C(C)(C)c2ccccc2NC)cc1. The van der Waals surface area contributed by atoms with E-state index in [2.05, 4.69) is 86.9 Å². The van der Waals surface area contributed by atoms with Gasteiger partial charge in [-0.2, -0.15) is 0 Å². The minimum atomic E-state index is 0.0423. The fourth-order valence-corrected chi connectivity index (χ4v) is 3.23. The monoisotopic (exact) mass is 338 g/mol. The van der Waals surface area contributed by atoms with E-state index in [4.69, 9.17) is 0 Å². The van der Waals surface area contributed by atoms with Crippen LogP contribution in [0, 0.1) is 0 Å². The lowest BCUT2D eigenvalue weighted by molar-refractivity contribution is 0.361. The van der Waals surface area contributed by atoms with Crippen LogP contribution in [0.2, 0.25) is 0 Å². The second kappa shape index (κ2) is 9.05. The van der Waals surface area contributed by atoms with Crippen molar-refractivity contribution < 1.29 is 0 Å². The Kier molecular flexibility index (Phi) is 7.07. The molecule has 2 aromatic carbocycles. The lowest BCUT2D eigenvalue weighted by Crippen LogP contribution is -2.42. The summed E-state index contributed by atoms with van der Waals surface area (Å²) in [5, 5.41) is 7.05. The van der Waals surface area contributed by atoms with Crippen molar-refractivity contribution in [3.63, 3.8) is 0 Å². The molecule has 2 heteroatoms. The Morgan fingerprint density at radius 1 is 0.960 bits per heavy atom. The Labute approximate surface area is 154 Å². The molecule has 136 valence electrons. The van der Waals surface area contributed by atoms with E-state index < -0.39 is 0 Å². The molecule has 0 amide bonds. The maximum atomic E-state index is 3.72. The molecule has 1 unspecified atom stereocenters. The van der Waals surface area contributed by atoms with Gasteiger partial charge in [-0.1, -0.05) is 69.7 Å². The summed E-state index contributed by atoms with van der Waals surface area (Å²) in [6.07, 6.45) is 3.71. The average Bonchev–Trinajstić information content (AvgIpc) is 2.65. The Morgan fingerprint density at radius 3 is 2.24 bits per heavy atom. The number of aryl methyl sites for hydroxylation is 1. The van der Waals surface area contributed by atoms with Crippen molar-refractivity contribution in [3.05, 3.63) is 65.2 Å². The highest BCUT2D eigenvalue weighted by Crippen LogP contribution is 2.32. The number of unbranched alkanes of at least 4 members (excludes halogenated alkanes) is 1. The first-order chi connectivity index (χ1) is 12.0. The van der Waals surface area contributed by atoms with Gasteiger partial charge in [0.1, 0.15) is 0 Å². The summed E-state index contributed by atoms with van der Waals surface area (Å²) in [6.45, 7) is 10.1. The molecule has 0 bridgehead atoms. The fourth-order valence-electron chi connectivity index (χ4n) is 3.23. The van der Waals surface area contributed by atoms with Crippen LogP contribution in [0.25, 0.3) is 0 Å². The van der Waals surface area contributed by atoms with Gasteiger partial charge in [-0.05, 0) is 42.5 Å². The first kappa shape index (κ1) is 19.5. The highest BCUT2D eigenvalue weighted by atomic mass is 14.9. The van der Waals surface area contributed by atoms with Gasteiger partial charge in [0, 0.05) is 30.7 Å². The molecular formula is C23H34N2. The van der Waals surface area contributed by atoms with Gasteiger partial charge in [0.2, 0.25) is 0 Å². The Hall–Kier alpha value is -1.80.